The van der Waals surface area contributed by atoms with Crippen LogP contribution >= 0.6 is 0 Å². The van der Waals surface area contributed by atoms with Crippen molar-refractivity contribution in [2.45, 2.75) is 63.1 Å². The van der Waals surface area contributed by atoms with Crippen molar-refractivity contribution in [1.29, 1.82) is 0 Å². The summed E-state index contributed by atoms with van der Waals surface area (Å²) >= 11 is 0. The number of amides is 1. The zero-order chi connectivity index (χ0) is 20.5. The minimum Gasteiger partial charge on any atom is -0.390 e. The van der Waals surface area contributed by atoms with Gasteiger partial charge in [0.25, 0.3) is 5.91 Å². The van der Waals surface area contributed by atoms with Gasteiger partial charge >= 0.3 is 0 Å². The lowest BCUT2D eigenvalue weighted by Crippen LogP contribution is -2.59. The van der Waals surface area contributed by atoms with Crippen LogP contribution in [0.5, 0.6) is 0 Å². The summed E-state index contributed by atoms with van der Waals surface area (Å²) in [5, 5.41) is 15.7. The standard InChI is InChI=1S/C23H31N5O2/c24-21(29)17-11-26-22-18(16(10-25-22)12-28-3-1-2-4-28)20(17)27-19-14-5-13-6-15(19)9-23(30,7-13)8-14/h10-11,13-15,19,30H,1-9,12H2,(H2,24,29)(H2,25,26,27). The second-order valence-corrected chi connectivity index (χ2v) is 10.3. The Morgan fingerprint density at radius 3 is 2.67 bits per heavy atom. The smallest absolute Gasteiger partial charge is 0.252 e. The van der Waals surface area contributed by atoms with E-state index in [-0.39, 0.29) is 6.04 Å². The van der Waals surface area contributed by atoms with Gasteiger partial charge in [0.05, 0.1) is 16.9 Å². The maximum absolute atomic E-state index is 12.3. The fourth-order valence-electron chi connectivity index (χ4n) is 7.19. The van der Waals surface area contributed by atoms with Gasteiger partial charge in [0.2, 0.25) is 0 Å². The number of primary amides is 1. The van der Waals surface area contributed by atoms with Crippen LogP contribution in [0.15, 0.2) is 12.4 Å². The molecular formula is C23H31N5O2. The van der Waals surface area contributed by atoms with Crippen LogP contribution in [0.3, 0.4) is 0 Å². The van der Waals surface area contributed by atoms with Gasteiger partial charge in [-0.3, -0.25) is 9.69 Å². The van der Waals surface area contributed by atoms with Gasteiger partial charge in [0, 0.05) is 30.4 Å². The molecule has 1 aliphatic heterocycles. The Labute approximate surface area is 176 Å². The van der Waals surface area contributed by atoms with Gasteiger partial charge in [-0.1, -0.05) is 0 Å². The third-order valence-electron chi connectivity index (χ3n) is 8.19. The zero-order valence-corrected chi connectivity index (χ0v) is 17.4. The monoisotopic (exact) mass is 409 g/mol. The molecule has 3 heterocycles. The number of nitrogens with two attached hydrogens (primary N) is 1. The summed E-state index contributed by atoms with van der Waals surface area (Å²) in [4.78, 5) is 22.6. The summed E-state index contributed by atoms with van der Waals surface area (Å²) < 4.78 is 0. The first kappa shape index (κ1) is 18.6. The second kappa shape index (κ2) is 6.69. The van der Waals surface area contributed by atoms with Gasteiger partial charge in [-0.25, -0.2) is 4.98 Å². The number of nitrogens with one attached hydrogen (secondary N) is 2. The predicted octanol–water partition coefficient (Wildman–Crippen LogP) is 2.61. The predicted molar refractivity (Wildman–Crippen MR) is 115 cm³/mol. The highest BCUT2D eigenvalue weighted by atomic mass is 16.3. The van der Waals surface area contributed by atoms with Gasteiger partial charge in [0.1, 0.15) is 5.65 Å². The van der Waals surface area contributed by atoms with Gasteiger partial charge in [-0.05, 0) is 81.4 Å². The van der Waals surface area contributed by atoms with Crippen molar-refractivity contribution >= 4 is 22.6 Å². The number of carbonyl (C=O) groups is 1. The molecule has 160 valence electrons. The number of rotatable bonds is 5. The van der Waals surface area contributed by atoms with E-state index in [0.29, 0.717) is 23.3 Å². The first-order valence-electron chi connectivity index (χ1n) is 11.5. The Kier molecular flexibility index (Phi) is 4.15. The van der Waals surface area contributed by atoms with Crippen LogP contribution in [0.4, 0.5) is 5.69 Å². The molecular weight excluding hydrogens is 378 g/mol. The van der Waals surface area contributed by atoms with Gasteiger partial charge in [-0.2, -0.15) is 0 Å². The van der Waals surface area contributed by atoms with E-state index in [1.807, 2.05) is 6.20 Å². The Bertz CT molecular complexity index is 979. The van der Waals surface area contributed by atoms with Crippen LogP contribution in [0.1, 0.15) is 60.9 Å². The Morgan fingerprint density at radius 1 is 1.27 bits per heavy atom. The minimum absolute atomic E-state index is 0.278. The number of H-pyrrole nitrogens is 1. The van der Waals surface area contributed by atoms with E-state index in [2.05, 4.69) is 20.2 Å². The SMILES string of the molecule is NC(=O)c1cnc2[nH]cc(CN3CCCC3)c2c1NC1C2CC3CC1CC(O)(C3)C2. The lowest BCUT2D eigenvalue weighted by molar-refractivity contribution is -0.129. The number of nitrogens with zero attached hydrogens (tertiary/aromatic N) is 2. The number of aromatic amines is 1. The molecule has 5 aliphatic rings. The molecule has 7 nitrogen and oxygen atoms in total. The number of hydrogen-bond donors (Lipinski definition) is 4. The Morgan fingerprint density at radius 2 is 2.00 bits per heavy atom. The summed E-state index contributed by atoms with van der Waals surface area (Å²) in [5.41, 5.74) is 8.60. The van der Waals surface area contributed by atoms with Crippen molar-refractivity contribution in [1.82, 2.24) is 14.9 Å². The molecule has 4 bridgehead atoms. The van der Waals surface area contributed by atoms with E-state index in [9.17, 15) is 9.90 Å². The molecule has 0 radical (unpaired) electrons. The molecule has 30 heavy (non-hydrogen) atoms. The molecule has 7 heteroatoms. The highest BCUT2D eigenvalue weighted by Gasteiger charge is 2.54. The molecule has 1 saturated heterocycles. The lowest BCUT2D eigenvalue weighted by atomic mass is 9.52. The quantitative estimate of drug-likeness (QED) is 0.607. The molecule has 4 saturated carbocycles. The molecule has 5 N–H and O–H groups in total. The largest absolute Gasteiger partial charge is 0.390 e. The van der Waals surface area contributed by atoms with E-state index in [4.69, 9.17) is 5.73 Å². The third-order valence-corrected chi connectivity index (χ3v) is 8.19. The molecule has 2 aromatic rings. The molecule has 0 spiro atoms. The molecule has 2 atom stereocenters. The number of aliphatic hydroxyl groups is 1. The number of anilines is 1. The number of fused-ring (bicyclic) bond motifs is 1. The van der Waals surface area contributed by atoms with Gasteiger partial charge in [0.15, 0.2) is 0 Å². The van der Waals surface area contributed by atoms with E-state index in [1.54, 1.807) is 6.20 Å². The average molecular weight is 410 g/mol. The van der Waals surface area contributed by atoms with Crippen LogP contribution in [-0.4, -0.2) is 50.6 Å². The van der Waals surface area contributed by atoms with Gasteiger partial charge in [-0.15, -0.1) is 0 Å². The lowest BCUT2D eigenvalue weighted by Gasteiger charge is -2.58. The number of hydrogen-bond acceptors (Lipinski definition) is 5. The van der Waals surface area contributed by atoms with E-state index in [0.717, 1.165) is 55.6 Å². The summed E-state index contributed by atoms with van der Waals surface area (Å²) in [7, 11) is 0. The third kappa shape index (κ3) is 2.94. The van der Waals surface area contributed by atoms with Crippen molar-refractivity contribution in [3.05, 3.63) is 23.5 Å². The van der Waals surface area contributed by atoms with Crippen molar-refractivity contribution in [3.8, 4) is 0 Å². The first-order chi connectivity index (χ1) is 14.5. The van der Waals surface area contributed by atoms with E-state index in [1.165, 1.54) is 31.2 Å². The van der Waals surface area contributed by atoms with Crippen molar-refractivity contribution in [2.24, 2.45) is 23.5 Å². The molecule has 1 amide bonds. The number of aromatic nitrogens is 2. The molecule has 5 fully saturated rings. The molecule has 7 rings (SSSR count). The summed E-state index contributed by atoms with van der Waals surface area (Å²) in [5.74, 6) is 1.11. The normalized spacial score (nSPS) is 35.4. The fraction of sp³-hybridized carbons (Fsp3) is 0.652. The molecule has 2 unspecified atom stereocenters. The van der Waals surface area contributed by atoms with Crippen LogP contribution in [0.2, 0.25) is 0 Å². The van der Waals surface area contributed by atoms with E-state index >= 15 is 0 Å². The topological polar surface area (TPSA) is 107 Å². The van der Waals surface area contributed by atoms with Crippen molar-refractivity contribution < 1.29 is 9.90 Å². The van der Waals surface area contributed by atoms with Crippen LogP contribution in [0.25, 0.3) is 11.0 Å². The summed E-state index contributed by atoms with van der Waals surface area (Å²) in [6, 6.07) is 0.278. The molecule has 2 aromatic heterocycles. The first-order valence-corrected chi connectivity index (χ1v) is 11.5. The Hall–Kier alpha value is -2.12. The fourth-order valence-corrected chi connectivity index (χ4v) is 7.19. The van der Waals surface area contributed by atoms with Crippen LogP contribution < -0.4 is 11.1 Å². The number of pyridine rings is 1. The minimum atomic E-state index is -0.468. The average Bonchev–Trinajstić information content (AvgIpc) is 3.34. The zero-order valence-electron chi connectivity index (χ0n) is 17.4. The highest BCUT2D eigenvalue weighted by Crippen LogP contribution is 2.56. The maximum atomic E-state index is 12.3. The molecule has 4 aliphatic carbocycles. The summed E-state index contributed by atoms with van der Waals surface area (Å²) in [6.45, 7) is 3.09. The van der Waals surface area contributed by atoms with Crippen LogP contribution in [-0.2, 0) is 6.54 Å². The molecule has 0 aromatic carbocycles. The number of carbonyl (C=O) groups excluding carboxylic acids is 1. The Balaban J connectivity index is 1.39. The summed E-state index contributed by atoms with van der Waals surface area (Å²) in [6.07, 6.45) is 11.2. The van der Waals surface area contributed by atoms with Crippen molar-refractivity contribution in [2.75, 3.05) is 18.4 Å². The maximum Gasteiger partial charge on any atom is 0.252 e. The van der Waals surface area contributed by atoms with Gasteiger partial charge < -0.3 is 21.1 Å². The number of likely N-dealkylation sites (tertiary alicyclic amines) is 1. The van der Waals surface area contributed by atoms with E-state index < -0.39 is 11.5 Å². The highest BCUT2D eigenvalue weighted by molar-refractivity contribution is 6.07. The second-order valence-electron chi connectivity index (χ2n) is 10.3. The van der Waals surface area contributed by atoms with Crippen molar-refractivity contribution in [3.63, 3.8) is 0 Å². The van der Waals surface area contributed by atoms with Crippen LogP contribution in [0, 0.1) is 17.8 Å².